The Kier molecular flexibility index (Phi) is 3.72. The molecule has 1 unspecified atom stereocenters. The summed E-state index contributed by atoms with van der Waals surface area (Å²) >= 11 is 0. The molecule has 1 aromatic heterocycles. The summed E-state index contributed by atoms with van der Waals surface area (Å²) in [6, 6.07) is 4.90. The third kappa shape index (κ3) is 2.92. The highest BCUT2D eigenvalue weighted by Gasteiger charge is 2.12. The molecule has 0 aliphatic carbocycles. The summed E-state index contributed by atoms with van der Waals surface area (Å²) in [5, 5.41) is 6.81. The molecule has 1 aromatic carbocycles. The second kappa shape index (κ2) is 5.27. The van der Waals surface area contributed by atoms with Crippen molar-refractivity contribution in [1.82, 2.24) is 10.5 Å². The van der Waals surface area contributed by atoms with E-state index in [1.807, 2.05) is 6.92 Å². The summed E-state index contributed by atoms with van der Waals surface area (Å²) in [5.74, 6) is -0.211. The van der Waals surface area contributed by atoms with Crippen LogP contribution in [0.4, 0.5) is 8.78 Å². The van der Waals surface area contributed by atoms with Gasteiger partial charge in [-0.05, 0) is 32.0 Å². The van der Waals surface area contributed by atoms with E-state index in [4.69, 9.17) is 4.52 Å². The van der Waals surface area contributed by atoms with Gasteiger partial charge in [-0.3, -0.25) is 0 Å². The van der Waals surface area contributed by atoms with Gasteiger partial charge in [-0.1, -0.05) is 5.16 Å². The number of rotatable bonds is 4. The van der Waals surface area contributed by atoms with Crippen molar-refractivity contribution >= 4 is 0 Å². The molecule has 0 spiro atoms. The van der Waals surface area contributed by atoms with Crippen LogP contribution in [0, 0.1) is 18.6 Å². The molecule has 1 atom stereocenters. The van der Waals surface area contributed by atoms with Crippen molar-refractivity contribution in [3.8, 4) is 0 Å². The van der Waals surface area contributed by atoms with Crippen molar-refractivity contribution in [2.75, 3.05) is 0 Å². The molecular formula is C13H14F2N2O. The van der Waals surface area contributed by atoms with Crippen molar-refractivity contribution in [2.24, 2.45) is 0 Å². The van der Waals surface area contributed by atoms with E-state index in [1.165, 1.54) is 6.07 Å². The van der Waals surface area contributed by atoms with Crippen molar-refractivity contribution in [3.05, 3.63) is 52.9 Å². The zero-order chi connectivity index (χ0) is 13.1. The Bertz CT molecular complexity index is 540. The van der Waals surface area contributed by atoms with Gasteiger partial charge in [0.1, 0.15) is 11.6 Å². The highest BCUT2D eigenvalue weighted by molar-refractivity contribution is 5.21. The van der Waals surface area contributed by atoms with E-state index in [2.05, 4.69) is 10.5 Å². The van der Waals surface area contributed by atoms with Gasteiger partial charge in [-0.2, -0.15) is 0 Å². The molecule has 96 valence electrons. The third-order valence-corrected chi connectivity index (χ3v) is 2.68. The lowest BCUT2D eigenvalue weighted by atomic mass is 10.1. The van der Waals surface area contributed by atoms with Gasteiger partial charge in [0.15, 0.2) is 5.76 Å². The van der Waals surface area contributed by atoms with Gasteiger partial charge in [-0.15, -0.1) is 0 Å². The number of aryl methyl sites for hydroxylation is 1. The normalized spacial score (nSPS) is 12.7. The van der Waals surface area contributed by atoms with E-state index in [0.29, 0.717) is 17.9 Å². The Balaban J connectivity index is 2.03. The van der Waals surface area contributed by atoms with Crippen LogP contribution in [0.15, 0.2) is 28.8 Å². The lowest BCUT2D eigenvalue weighted by Crippen LogP contribution is -2.19. The Morgan fingerprint density at radius 3 is 2.78 bits per heavy atom. The highest BCUT2D eigenvalue weighted by atomic mass is 19.1. The van der Waals surface area contributed by atoms with E-state index < -0.39 is 11.6 Å². The van der Waals surface area contributed by atoms with Gasteiger partial charge in [0.25, 0.3) is 0 Å². The fraction of sp³-hybridized carbons (Fsp3) is 0.308. The lowest BCUT2D eigenvalue weighted by molar-refractivity contribution is 0.362. The van der Waals surface area contributed by atoms with Crippen LogP contribution in [0.25, 0.3) is 0 Å². The van der Waals surface area contributed by atoms with Crippen LogP contribution >= 0.6 is 0 Å². The molecular weight excluding hydrogens is 238 g/mol. The monoisotopic (exact) mass is 252 g/mol. The number of nitrogens with zero attached hydrogens (tertiary/aromatic N) is 1. The van der Waals surface area contributed by atoms with Crippen molar-refractivity contribution in [1.29, 1.82) is 0 Å². The van der Waals surface area contributed by atoms with Crippen LogP contribution in [0.3, 0.4) is 0 Å². The van der Waals surface area contributed by atoms with Gasteiger partial charge < -0.3 is 9.84 Å². The molecule has 0 fully saturated rings. The molecule has 1 N–H and O–H groups in total. The summed E-state index contributed by atoms with van der Waals surface area (Å²) in [7, 11) is 0. The van der Waals surface area contributed by atoms with Gasteiger partial charge in [0, 0.05) is 17.7 Å². The average molecular weight is 252 g/mol. The van der Waals surface area contributed by atoms with Crippen LogP contribution in [-0.4, -0.2) is 5.16 Å². The zero-order valence-electron chi connectivity index (χ0n) is 10.2. The summed E-state index contributed by atoms with van der Waals surface area (Å²) in [6.45, 7) is 4.00. The molecule has 0 bridgehead atoms. The second-order valence-corrected chi connectivity index (χ2v) is 4.20. The number of hydrogen-bond acceptors (Lipinski definition) is 3. The molecule has 18 heavy (non-hydrogen) atoms. The first-order valence-electron chi connectivity index (χ1n) is 5.67. The first kappa shape index (κ1) is 12.7. The predicted octanol–water partition coefficient (Wildman–Crippen LogP) is 3.11. The molecule has 0 radical (unpaired) electrons. The quantitative estimate of drug-likeness (QED) is 0.908. The summed E-state index contributed by atoms with van der Waals surface area (Å²) in [6.07, 6.45) is 0. The minimum absolute atomic E-state index is 0.297. The molecule has 0 aliphatic rings. The maximum absolute atomic E-state index is 13.5. The molecule has 0 amide bonds. The molecule has 1 heterocycles. The second-order valence-electron chi connectivity index (χ2n) is 4.20. The molecule has 3 nitrogen and oxygen atoms in total. The minimum Gasteiger partial charge on any atom is -0.360 e. The Hall–Kier alpha value is -1.75. The largest absolute Gasteiger partial charge is 0.360 e. The third-order valence-electron chi connectivity index (χ3n) is 2.68. The average Bonchev–Trinajstić information content (AvgIpc) is 2.75. The number of aromatic nitrogens is 1. The first-order chi connectivity index (χ1) is 8.56. The fourth-order valence-corrected chi connectivity index (χ4v) is 1.71. The first-order valence-corrected chi connectivity index (χ1v) is 5.67. The van der Waals surface area contributed by atoms with Gasteiger partial charge in [-0.25, -0.2) is 8.78 Å². The molecule has 0 saturated carbocycles. The predicted molar refractivity (Wildman–Crippen MR) is 62.9 cm³/mol. The van der Waals surface area contributed by atoms with Crippen molar-refractivity contribution in [3.63, 3.8) is 0 Å². The van der Waals surface area contributed by atoms with Crippen molar-refractivity contribution in [2.45, 2.75) is 26.4 Å². The minimum atomic E-state index is -0.449. The Labute approximate surface area is 104 Å². The Morgan fingerprint density at radius 2 is 2.11 bits per heavy atom. The van der Waals surface area contributed by atoms with Crippen LogP contribution in [-0.2, 0) is 6.54 Å². The SMILES string of the molecule is Cc1cc(CNC(C)c2cc(F)ccc2F)on1. The van der Waals surface area contributed by atoms with E-state index >= 15 is 0 Å². The number of hydrogen-bond donors (Lipinski definition) is 1. The van der Waals surface area contributed by atoms with Gasteiger partial charge >= 0.3 is 0 Å². The molecule has 2 aromatic rings. The van der Waals surface area contributed by atoms with Crippen LogP contribution in [0.5, 0.6) is 0 Å². The van der Waals surface area contributed by atoms with Crippen molar-refractivity contribution < 1.29 is 13.3 Å². The molecule has 0 aliphatic heterocycles. The topological polar surface area (TPSA) is 38.1 Å². The van der Waals surface area contributed by atoms with Crippen LogP contribution < -0.4 is 5.32 Å². The number of nitrogens with one attached hydrogen (secondary N) is 1. The summed E-state index contributed by atoms with van der Waals surface area (Å²) < 4.78 is 31.6. The molecule has 2 rings (SSSR count). The van der Waals surface area contributed by atoms with Gasteiger partial charge in [0.2, 0.25) is 0 Å². The highest BCUT2D eigenvalue weighted by Crippen LogP contribution is 2.18. The smallest absolute Gasteiger partial charge is 0.150 e. The fourth-order valence-electron chi connectivity index (χ4n) is 1.71. The van der Waals surface area contributed by atoms with Crippen LogP contribution in [0.1, 0.15) is 30.0 Å². The van der Waals surface area contributed by atoms with Gasteiger partial charge in [0.05, 0.1) is 12.2 Å². The lowest BCUT2D eigenvalue weighted by Gasteiger charge is -2.13. The molecule has 0 saturated heterocycles. The Morgan fingerprint density at radius 1 is 1.33 bits per heavy atom. The standard InChI is InChI=1S/C13H14F2N2O/c1-8-5-11(18-17-8)7-16-9(2)12-6-10(14)3-4-13(12)15/h3-6,9,16H,7H2,1-2H3. The number of benzene rings is 1. The van der Waals surface area contributed by atoms with E-state index in [0.717, 1.165) is 17.8 Å². The number of halogens is 2. The van der Waals surface area contributed by atoms with E-state index in [1.54, 1.807) is 13.0 Å². The molecule has 5 heteroatoms. The van der Waals surface area contributed by atoms with E-state index in [-0.39, 0.29) is 6.04 Å². The zero-order valence-corrected chi connectivity index (χ0v) is 10.2. The maximum Gasteiger partial charge on any atom is 0.150 e. The van der Waals surface area contributed by atoms with E-state index in [9.17, 15) is 8.78 Å². The maximum atomic E-state index is 13.5. The van der Waals surface area contributed by atoms with Crippen LogP contribution in [0.2, 0.25) is 0 Å². The summed E-state index contributed by atoms with van der Waals surface area (Å²) in [5.41, 5.74) is 1.09. The summed E-state index contributed by atoms with van der Waals surface area (Å²) in [4.78, 5) is 0.